The molecule has 0 aliphatic carbocycles. The van der Waals surface area contributed by atoms with Crippen LogP contribution in [0.5, 0.6) is 0 Å². The Morgan fingerprint density at radius 3 is 2.47 bits per heavy atom. The molecule has 94 valence electrons. The van der Waals surface area contributed by atoms with Crippen LogP contribution in [0.3, 0.4) is 0 Å². The Balaban J connectivity index is 3.01. The van der Waals surface area contributed by atoms with Crippen molar-refractivity contribution in [2.45, 2.75) is 18.0 Å². The third-order valence-corrected chi connectivity index (χ3v) is 3.39. The molecule has 0 aliphatic heterocycles. The van der Waals surface area contributed by atoms with Crippen molar-refractivity contribution >= 4 is 37.8 Å². The minimum Gasteiger partial charge on any atom is -0.465 e. The van der Waals surface area contributed by atoms with E-state index in [0.717, 1.165) is 0 Å². The number of carbonyl (C=O) groups is 1. The summed E-state index contributed by atoms with van der Waals surface area (Å²) in [6.07, 6.45) is -1.58. The number of halogens is 2. The molecule has 0 radical (unpaired) electrons. The molecule has 1 aromatic carbocycles. The van der Waals surface area contributed by atoms with Crippen molar-refractivity contribution in [1.82, 2.24) is 0 Å². The van der Waals surface area contributed by atoms with Crippen molar-refractivity contribution in [3.8, 4) is 0 Å². The number of benzene rings is 1. The topological polar surface area (TPSA) is 66.8 Å². The molecule has 0 heterocycles. The van der Waals surface area contributed by atoms with Gasteiger partial charge in [0.25, 0.3) is 0 Å². The van der Waals surface area contributed by atoms with E-state index in [1.165, 1.54) is 6.07 Å². The summed E-state index contributed by atoms with van der Waals surface area (Å²) < 4.78 is 5.53. The van der Waals surface area contributed by atoms with E-state index in [9.17, 15) is 4.79 Å². The van der Waals surface area contributed by atoms with E-state index < -0.39 is 17.1 Å². The molecule has 0 saturated heterocycles. The fourth-order valence-electron chi connectivity index (χ4n) is 1.28. The Morgan fingerprint density at radius 2 is 1.94 bits per heavy atom. The lowest BCUT2D eigenvalue weighted by Gasteiger charge is -2.12. The number of carbonyl (C=O) groups excluding carboxylic acids is 1. The van der Waals surface area contributed by atoms with Gasteiger partial charge in [-0.05, 0) is 30.7 Å². The molecule has 0 aromatic heterocycles. The molecule has 17 heavy (non-hydrogen) atoms. The van der Waals surface area contributed by atoms with Gasteiger partial charge in [-0.3, -0.25) is 4.79 Å². The van der Waals surface area contributed by atoms with Gasteiger partial charge in [-0.15, -0.1) is 0 Å². The first-order chi connectivity index (χ1) is 7.95. The zero-order chi connectivity index (χ0) is 13.0. The van der Waals surface area contributed by atoms with Crippen molar-refractivity contribution in [1.29, 1.82) is 0 Å². The number of aliphatic hydroxyl groups excluding tert-OH is 1. The number of ether oxygens (including phenoxy) is 1. The molecule has 0 saturated carbocycles. The zero-order valence-corrected chi connectivity index (χ0v) is 12.2. The normalized spacial score (nSPS) is 12.6. The third-order valence-electron chi connectivity index (χ3n) is 2.03. The Bertz CT molecular complexity index is 406. The SMILES string of the molecule is CCOC(=O)C(Br)c1cc(Br)cc(C(O)O)c1. The van der Waals surface area contributed by atoms with Gasteiger partial charge in [0.15, 0.2) is 6.29 Å². The van der Waals surface area contributed by atoms with Crippen LogP contribution < -0.4 is 0 Å². The van der Waals surface area contributed by atoms with Gasteiger partial charge in [-0.25, -0.2) is 0 Å². The Hall–Kier alpha value is -0.430. The van der Waals surface area contributed by atoms with E-state index in [-0.39, 0.29) is 0 Å². The maximum atomic E-state index is 11.5. The molecule has 1 aromatic rings. The molecule has 0 bridgehead atoms. The highest BCUT2D eigenvalue weighted by Crippen LogP contribution is 2.29. The molecular formula is C11H12Br2O4. The van der Waals surface area contributed by atoms with Crippen molar-refractivity contribution in [2.24, 2.45) is 0 Å². The van der Waals surface area contributed by atoms with Crippen LogP contribution in [0.1, 0.15) is 29.2 Å². The van der Waals surface area contributed by atoms with Gasteiger partial charge in [0.05, 0.1) is 6.61 Å². The van der Waals surface area contributed by atoms with Gasteiger partial charge in [-0.1, -0.05) is 31.9 Å². The second-order valence-corrected chi connectivity index (χ2v) is 5.14. The number of hydrogen-bond acceptors (Lipinski definition) is 4. The molecule has 2 N–H and O–H groups in total. The minimum atomic E-state index is -1.58. The third kappa shape index (κ3) is 4.06. The summed E-state index contributed by atoms with van der Waals surface area (Å²) in [6.45, 7) is 2.02. The number of esters is 1. The van der Waals surface area contributed by atoms with Crippen LogP contribution in [-0.2, 0) is 9.53 Å². The van der Waals surface area contributed by atoms with Crippen molar-refractivity contribution in [3.63, 3.8) is 0 Å². The zero-order valence-electron chi connectivity index (χ0n) is 9.06. The molecule has 1 rings (SSSR count). The van der Waals surface area contributed by atoms with Crippen LogP contribution in [0.2, 0.25) is 0 Å². The summed E-state index contributed by atoms with van der Waals surface area (Å²) in [4.78, 5) is 10.9. The highest BCUT2D eigenvalue weighted by molar-refractivity contribution is 9.10. The van der Waals surface area contributed by atoms with E-state index in [4.69, 9.17) is 14.9 Å². The summed E-state index contributed by atoms with van der Waals surface area (Å²) in [6, 6.07) is 4.81. The predicted octanol–water partition coefficient (Wildman–Crippen LogP) is 2.43. The van der Waals surface area contributed by atoms with E-state index >= 15 is 0 Å². The Kier molecular flexibility index (Phi) is 5.58. The summed E-state index contributed by atoms with van der Waals surface area (Å²) in [5.41, 5.74) is 0.907. The molecule has 0 amide bonds. The number of aliphatic hydroxyl groups is 2. The average molecular weight is 368 g/mol. The highest BCUT2D eigenvalue weighted by Gasteiger charge is 2.20. The molecule has 6 heteroatoms. The molecule has 0 fully saturated rings. The second kappa shape index (κ2) is 6.49. The molecule has 0 spiro atoms. The summed E-state index contributed by atoms with van der Waals surface area (Å²) in [5, 5.41) is 18.2. The molecule has 4 nitrogen and oxygen atoms in total. The van der Waals surface area contributed by atoms with Crippen LogP contribution >= 0.6 is 31.9 Å². The first-order valence-electron chi connectivity index (χ1n) is 4.93. The number of alkyl halides is 1. The van der Waals surface area contributed by atoms with Gasteiger partial charge in [0, 0.05) is 10.0 Å². The van der Waals surface area contributed by atoms with Gasteiger partial charge >= 0.3 is 5.97 Å². The fourth-order valence-corrected chi connectivity index (χ4v) is 2.21. The van der Waals surface area contributed by atoms with Crippen LogP contribution in [0.25, 0.3) is 0 Å². The Morgan fingerprint density at radius 1 is 1.35 bits per heavy atom. The van der Waals surface area contributed by atoms with Gasteiger partial charge in [-0.2, -0.15) is 0 Å². The van der Waals surface area contributed by atoms with Crippen LogP contribution in [0, 0.1) is 0 Å². The van der Waals surface area contributed by atoms with E-state index in [1.54, 1.807) is 19.1 Å². The first kappa shape index (κ1) is 14.6. The lowest BCUT2D eigenvalue weighted by atomic mass is 10.1. The van der Waals surface area contributed by atoms with Crippen LogP contribution in [0.15, 0.2) is 22.7 Å². The first-order valence-corrected chi connectivity index (χ1v) is 6.63. The maximum Gasteiger partial charge on any atom is 0.324 e. The monoisotopic (exact) mass is 366 g/mol. The molecule has 1 atom stereocenters. The van der Waals surface area contributed by atoms with E-state index in [0.29, 0.717) is 22.2 Å². The number of rotatable bonds is 4. The lowest BCUT2D eigenvalue weighted by Crippen LogP contribution is -2.11. The quantitative estimate of drug-likeness (QED) is 0.487. The van der Waals surface area contributed by atoms with Gasteiger partial charge < -0.3 is 14.9 Å². The predicted molar refractivity (Wildman–Crippen MR) is 69.6 cm³/mol. The lowest BCUT2D eigenvalue weighted by molar-refractivity contribution is -0.142. The van der Waals surface area contributed by atoms with Gasteiger partial charge in [0.1, 0.15) is 4.83 Å². The van der Waals surface area contributed by atoms with Crippen molar-refractivity contribution in [2.75, 3.05) is 6.61 Å². The van der Waals surface area contributed by atoms with Gasteiger partial charge in [0.2, 0.25) is 0 Å². The molecule has 1 unspecified atom stereocenters. The maximum absolute atomic E-state index is 11.5. The summed E-state index contributed by atoms with van der Waals surface area (Å²) >= 11 is 6.45. The van der Waals surface area contributed by atoms with E-state index in [1.807, 2.05) is 0 Å². The van der Waals surface area contributed by atoms with Crippen LogP contribution in [0.4, 0.5) is 0 Å². The second-order valence-electron chi connectivity index (χ2n) is 3.31. The van der Waals surface area contributed by atoms with Crippen molar-refractivity contribution < 1.29 is 19.7 Å². The van der Waals surface area contributed by atoms with E-state index in [2.05, 4.69) is 31.9 Å². The average Bonchev–Trinajstić information content (AvgIpc) is 2.27. The van der Waals surface area contributed by atoms with Crippen LogP contribution in [-0.4, -0.2) is 22.8 Å². The largest absolute Gasteiger partial charge is 0.465 e. The standard InChI is InChI=1S/C11H12Br2O4/c1-2-17-11(16)9(13)6-3-7(10(14)15)5-8(12)4-6/h3-5,9-10,14-15H,2H2,1H3. The minimum absolute atomic E-state index is 0.296. The smallest absolute Gasteiger partial charge is 0.324 e. The summed E-state index contributed by atoms with van der Waals surface area (Å²) in [5.74, 6) is -0.413. The summed E-state index contributed by atoms with van der Waals surface area (Å²) in [7, 11) is 0. The van der Waals surface area contributed by atoms with Crippen molar-refractivity contribution in [3.05, 3.63) is 33.8 Å². The Labute approximate surface area is 116 Å². The number of hydrogen-bond donors (Lipinski definition) is 2. The highest BCUT2D eigenvalue weighted by atomic mass is 79.9. The molecule has 0 aliphatic rings. The fraction of sp³-hybridized carbons (Fsp3) is 0.364. The molecular weight excluding hydrogens is 356 g/mol.